The fourth-order valence-corrected chi connectivity index (χ4v) is 3.89. The lowest BCUT2D eigenvalue weighted by Gasteiger charge is -2.12. The molecule has 5 nitrogen and oxygen atoms in total. The molecule has 2 aromatic heterocycles. The molecule has 0 amide bonds. The van der Waals surface area contributed by atoms with Crippen molar-refractivity contribution in [1.82, 2.24) is 9.97 Å². The van der Waals surface area contributed by atoms with Crippen molar-refractivity contribution in [2.75, 3.05) is 10.6 Å². The highest BCUT2D eigenvalue weighted by atomic mass is 16.1. The van der Waals surface area contributed by atoms with Crippen LogP contribution < -0.4 is 10.6 Å². The maximum atomic E-state index is 13.1. The Morgan fingerprint density at radius 3 is 2.00 bits per heavy atom. The molecule has 30 heavy (non-hydrogen) atoms. The lowest BCUT2D eigenvalue weighted by atomic mass is 9.95. The van der Waals surface area contributed by atoms with Crippen molar-refractivity contribution in [1.29, 1.82) is 0 Å². The van der Waals surface area contributed by atoms with E-state index in [9.17, 15) is 4.79 Å². The van der Waals surface area contributed by atoms with Crippen LogP contribution in [0.5, 0.6) is 0 Å². The number of nitrogens with one attached hydrogen (secondary N) is 2. The van der Waals surface area contributed by atoms with Gasteiger partial charge in [-0.05, 0) is 72.1 Å². The van der Waals surface area contributed by atoms with Gasteiger partial charge in [0, 0.05) is 53.1 Å². The van der Waals surface area contributed by atoms with Gasteiger partial charge in [0.25, 0.3) is 0 Å². The van der Waals surface area contributed by atoms with Crippen LogP contribution in [0.1, 0.15) is 27.4 Å². The predicted octanol–water partition coefficient (Wildman–Crippen LogP) is 5.49. The number of hydrogen-bond donors (Lipinski definition) is 2. The van der Waals surface area contributed by atoms with Crippen molar-refractivity contribution in [2.24, 2.45) is 0 Å². The molecule has 0 fully saturated rings. The van der Waals surface area contributed by atoms with Crippen LogP contribution in [0.4, 0.5) is 22.7 Å². The number of fused-ring (bicyclic) bond motifs is 1. The maximum Gasteiger partial charge on any atom is 0.170 e. The Hall–Kier alpha value is -3.99. The van der Waals surface area contributed by atoms with E-state index in [0.717, 1.165) is 39.4 Å². The van der Waals surface area contributed by atoms with Gasteiger partial charge in [0.15, 0.2) is 5.78 Å². The average molecular weight is 392 g/mol. The number of ketones is 1. The zero-order valence-corrected chi connectivity index (χ0v) is 16.2. The molecule has 2 aromatic carbocycles. The van der Waals surface area contributed by atoms with E-state index in [4.69, 9.17) is 0 Å². The molecule has 2 heterocycles. The van der Waals surface area contributed by atoms with Gasteiger partial charge >= 0.3 is 0 Å². The molecule has 0 radical (unpaired) electrons. The van der Waals surface area contributed by atoms with Gasteiger partial charge < -0.3 is 10.6 Å². The summed E-state index contributed by atoms with van der Waals surface area (Å²) in [5.41, 5.74) is 6.79. The highest BCUT2D eigenvalue weighted by Crippen LogP contribution is 2.36. The largest absolute Gasteiger partial charge is 0.355 e. The van der Waals surface area contributed by atoms with Crippen LogP contribution in [-0.2, 0) is 6.42 Å². The minimum atomic E-state index is -0.157. The molecule has 0 bridgehead atoms. The van der Waals surface area contributed by atoms with E-state index < -0.39 is 0 Å². The lowest BCUT2D eigenvalue weighted by molar-refractivity contribution is 0.0973. The third-order valence-corrected chi connectivity index (χ3v) is 5.34. The molecular formula is C25H20N4O. The maximum absolute atomic E-state index is 13.1. The van der Waals surface area contributed by atoms with Gasteiger partial charge in [0.1, 0.15) is 0 Å². The number of nitrogens with zero attached hydrogens (tertiary/aromatic N) is 2. The first-order valence-corrected chi connectivity index (χ1v) is 9.87. The zero-order chi connectivity index (χ0) is 20.3. The summed E-state index contributed by atoms with van der Waals surface area (Å²) < 4.78 is 0. The van der Waals surface area contributed by atoms with E-state index in [-0.39, 0.29) is 11.7 Å². The molecule has 2 N–H and O–H groups in total. The van der Waals surface area contributed by atoms with Crippen LogP contribution >= 0.6 is 0 Å². The van der Waals surface area contributed by atoms with Gasteiger partial charge in [-0.2, -0.15) is 0 Å². The van der Waals surface area contributed by atoms with Gasteiger partial charge in [0.05, 0.1) is 5.92 Å². The third kappa shape index (κ3) is 3.65. The standard InChI is InChI=1S/C25H20N4O/c30-25-23-5-4-22(29-20-8-12-27-13-9-20)15-18(23)16-24(25)17-2-1-3-21(14-17)28-19-6-10-26-11-7-19/h1-15,24H,16H2,(H,26,28)(H,27,29). The molecule has 4 aromatic rings. The SMILES string of the molecule is O=C1c2ccc(Nc3ccncc3)cc2CC1c1cccc(Nc2ccncc2)c1. The Balaban J connectivity index is 1.37. The topological polar surface area (TPSA) is 66.9 Å². The summed E-state index contributed by atoms with van der Waals surface area (Å²) in [7, 11) is 0. The van der Waals surface area contributed by atoms with Gasteiger partial charge in [-0.25, -0.2) is 0 Å². The molecule has 1 aliphatic rings. The van der Waals surface area contributed by atoms with Crippen molar-refractivity contribution >= 4 is 28.5 Å². The summed E-state index contributed by atoms with van der Waals surface area (Å²) in [6.45, 7) is 0. The van der Waals surface area contributed by atoms with E-state index >= 15 is 0 Å². The smallest absolute Gasteiger partial charge is 0.170 e. The second-order valence-corrected chi connectivity index (χ2v) is 7.34. The third-order valence-electron chi connectivity index (χ3n) is 5.34. The summed E-state index contributed by atoms with van der Waals surface area (Å²) >= 11 is 0. The number of carbonyl (C=O) groups excluding carboxylic acids is 1. The van der Waals surface area contributed by atoms with Crippen molar-refractivity contribution < 1.29 is 4.79 Å². The van der Waals surface area contributed by atoms with Crippen LogP contribution in [0.15, 0.2) is 91.5 Å². The summed E-state index contributed by atoms with van der Waals surface area (Å²) in [5.74, 6) is 0.0249. The van der Waals surface area contributed by atoms with E-state index in [1.807, 2.05) is 54.6 Å². The van der Waals surface area contributed by atoms with Crippen molar-refractivity contribution in [3.63, 3.8) is 0 Å². The van der Waals surface area contributed by atoms with E-state index in [1.165, 1.54) is 0 Å². The molecule has 0 spiro atoms. The van der Waals surface area contributed by atoms with Crippen LogP contribution in [0, 0.1) is 0 Å². The molecular weight excluding hydrogens is 372 g/mol. The van der Waals surface area contributed by atoms with Crippen molar-refractivity contribution in [3.8, 4) is 0 Å². The van der Waals surface area contributed by atoms with Crippen LogP contribution in [-0.4, -0.2) is 15.8 Å². The number of hydrogen-bond acceptors (Lipinski definition) is 5. The summed E-state index contributed by atoms with van der Waals surface area (Å²) in [6, 6.07) is 21.7. The predicted molar refractivity (Wildman–Crippen MR) is 119 cm³/mol. The Labute approximate surface area is 174 Å². The Bertz CT molecular complexity index is 1190. The number of Topliss-reactive ketones (excluding diaryl/α,β-unsaturated/α-hetero) is 1. The number of anilines is 4. The van der Waals surface area contributed by atoms with Gasteiger partial charge in [-0.15, -0.1) is 0 Å². The monoisotopic (exact) mass is 392 g/mol. The highest BCUT2D eigenvalue weighted by molar-refractivity contribution is 6.05. The molecule has 146 valence electrons. The van der Waals surface area contributed by atoms with E-state index in [0.29, 0.717) is 6.42 Å². The Morgan fingerprint density at radius 2 is 1.33 bits per heavy atom. The Kier molecular flexibility index (Phi) is 4.69. The number of carbonyl (C=O) groups is 1. The molecule has 5 heteroatoms. The summed E-state index contributed by atoms with van der Waals surface area (Å²) in [6.07, 6.45) is 7.71. The quantitative estimate of drug-likeness (QED) is 0.470. The van der Waals surface area contributed by atoms with E-state index in [1.54, 1.807) is 24.8 Å². The number of rotatable bonds is 5. The summed E-state index contributed by atoms with van der Waals surface area (Å²) in [5, 5.41) is 6.75. The lowest BCUT2D eigenvalue weighted by Crippen LogP contribution is -2.07. The fraction of sp³-hybridized carbons (Fsp3) is 0.0800. The van der Waals surface area contributed by atoms with Crippen LogP contribution in [0.25, 0.3) is 0 Å². The second kappa shape index (κ2) is 7.79. The fourth-order valence-electron chi connectivity index (χ4n) is 3.89. The first-order chi connectivity index (χ1) is 14.8. The van der Waals surface area contributed by atoms with Crippen molar-refractivity contribution in [2.45, 2.75) is 12.3 Å². The number of benzene rings is 2. The molecule has 1 aliphatic carbocycles. The van der Waals surface area contributed by atoms with E-state index in [2.05, 4.69) is 32.7 Å². The molecule has 0 saturated carbocycles. The first-order valence-electron chi connectivity index (χ1n) is 9.87. The average Bonchev–Trinajstić information content (AvgIpc) is 3.11. The molecule has 1 unspecified atom stereocenters. The molecule has 0 aliphatic heterocycles. The minimum Gasteiger partial charge on any atom is -0.355 e. The molecule has 1 atom stereocenters. The van der Waals surface area contributed by atoms with Crippen LogP contribution in [0.2, 0.25) is 0 Å². The number of pyridine rings is 2. The van der Waals surface area contributed by atoms with Gasteiger partial charge in [0.2, 0.25) is 0 Å². The van der Waals surface area contributed by atoms with Crippen LogP contribution in [0.3, 0.4) is 0 Å². The van der Waals surface area contributed by atoms with Crippen molar-refractivity contribution in [3.05, 3.63) is 108 Å². The highest BCUT2D eigenvalue weighted by Gasteiger charge is 2.31. The first kappa shape index (κ1) is 18.1. The van der Waals surface area contributed by atoms with Gasteiger partial charge in [-0.3, -0.25) is 14.8 Å². The molecule has 5 rings (SSSR count). The zero-order valence-electron chi connectivity index (χ0n) is 16.2. The number of aromatic nitrogens is 2. The summed E-state index contributed by atoms with van der Waals surface area (Å²) in [4.78, 5) is 21.2. The minimum absolute atomic E-state index is 0.157. The molecule has 0 saturated heterocycles. The normalized spacial score (nSPS) is 14.9. The second-order valence-electron chi connectivity index (χ2n) is 7.34. The van der Waals surface area contributed by atoms with Gasteiger partial charge in [-0.1, -0.05) is 12.1 Å². The Morgan fingerprint density at radius 1 is 0.700 bits per heavy atom.